The van der Waals surface area contributed by atoms with Gasteiger partial charge in [0.15, 0.2) is 5.13 Å². The number of thiazole rings is 1. The van der Waals surface area contributed by atoms with E-state index >= 15 is 0 Å². The van der Waals surface area contributed by atoms with Crippen LogP contribution < -0.4 is 9.46 Å². The molecule has 3 aromatic rings. The number of hydrogen-bond acceptors (Lipinski definition) is 5. The number of halogens is 3. The zero-order valence-electron chi connectivity index (χ0n) is 15.4. The van der Waals surface area contributed by atoms with Gasteiger partial charge in [-0.1, -0.05) is 50.2 Å². The summed E-state index contributed by atoms with van der Waals surface area (Å²) in [7, 11) is -4.15. The van der Waals surface area contributed by atoms with Gasteiger partial charge in [-0.25, -0.2) is 13.4 Å². The molecule has 0 aliphatic rings. The van der Waals surface area contributed by atoms with Crippen LogP contribution in [-0.4, -0.2) is 19.8 Å². The standard InChI is InChI=1S/C19H17F3N2O3S2/c1-12(2)17-16(13-7-4-3-5-8-13)23-18(28-17)24-29(25,26)15-10-6-9-14(11-15)27-19(20,21)22/h3-12H,1-2H3,(H,23,24). The lowest BCUT2D eigenvalue weighted by Gasteiger charge is -2.10. The van der Waals surface area contributed by atoms with E-state index in [1.54, 1.807) is 0 Å². The van der Waals surface area contributed by atoms with Crippen molar-refractivity contribution in [2.45, 2.75) is 31.0 Å². The Bertz CT molecular complexity index is 1100. The Balaban J connectivity index is 1.92. The lowest BCUT2D eigenvalue weighted by molar-refractivity contribution is -0.274. The van der Waals surface area contributed by atoms with Crippen LogP contribution in [0.5, 0.6) is 5.75 Å². The predicted molar refractivity (Wildman–Crippen MR) is 106 cm³/mol. The minimum Gasteiger partial charge on any atom is -0.406 e. The zero-order valence-corrected chi connectivity index (χ0v) is 17.0. The summed E-state index contributed by atoms with van der Waals surface area (Å²) < 4.78 is 68.7. The SMILES string of the molecule is CC(C)c1sc(NS(=O)(=O)c2cccc(OC(F)(F)F)c2)nc1-c1ccccc1. The van der Waals surface area contributed by atoms with Gasteiger partial charge in [0.2, 0.25) is 0 Å². The van der Waals surface area contributed by atoms with E-state index in [9.17, 15) is 21.6 Å². The molecule has 1 heterocycles. The van der Waals surface area contributed by atoms with Crippen molar-refractivity contribution >= 4 is 26.5 Å². The van der Waals surface area contributed by atoms with Crippen LogP contribution in [0.3, 0.4) is 0 Å². The number of aromatic nitrogens is 1. The summed E-state index contributed by atoms with van der Waals surface area (Å²) in [5.41, 5.74) is 1.51. The van der Waals surface area contributed by atoms with Gasteiger partial charge in [-0.2, -0.15) is 0 Å². The molecule has 2 aromatic carbocycles. The number of alkyl halides is 3. The highest BCUT2D eigenvalue weighted by Gasteiger charge is 2.31. The first-order valence-corrected chi connectivity index (χ1v) is 10.8. The third-order valence-electron chi connectivity index (χ3n) is 3.80. The summed E-state index contributed by atoms with van der Waals surface area (Å²) in [5.74, 6) is -0.517. The van der Waals surface area contributed by atoms with Crippen molar-refractivity contribution in [1.82, 2.24) is 4.98 Å². The summed E-state index contributed by atoms with van der Waals surface area (Å²) in [6, 6.07) is 13.5. The van der Waals surface area contributed by atoms with Crippen molar-refractivity contribution in [2.75, 3.05) is 4.72 Å². The summed E-state index contributed by atoms with van der Waals surface area (Å²) >= 11 is 1.19. The number of anilines is 1. The largest absolute Gasteiger partial charge is 0.573 e. The summed E-state index contributed by atoms with van der Waals surface area (Å²) in [6.45, 7) is 3.94. The van der Waals surface area contributed by atoms with E-state index in [0.29, 0.717) is 5.69 Å². The molecule has 0 atom stereocenters. The van der Waals surface area contributed by atoms with Gasteiger partial charge in [-0.15, -0.1) is 24.5 Å². The van der Waals surface area contributed by atoms with E-state index in [2.05, 4.69) is 14.4 Å². The maximum atomic E-state index is 12.7. The molecule has 3 rings (SSSR count). The number of benzene rings is 2. The molecule has 29 heavy (non-hydrogen) atoms. The Morgan fingerprint density at radius 2 is 1.76 bits per heavy atom. The Morgan fingerprint density at radius 1 is 1.07 bits per heavy atom. The molecule has 0 aliphatic carbocycles. The minimum atomic E-state index is -4.91. The van der Waals surface area contributed by atoms with Gasteiger partial charge in [0, 0.05) is 16.5 Å². The molecule has 1 N–H and O–H groups in total. The second-order valence-electron chi connectivity index (χ2n) is 6.38. The van der Waals surface area contributed by atoms with Crippen LogP contribution in [0.2, 0.25) is 0 Å². The first-order chi connectivity index (χ1) is 13.5. The van der Waals surface area contributed by atoms with Crippen molar-refractivity contribution in [3.8, 4) is 17.0 Å². The summed E-state index contributed by atoms with van der Waals surface area (Å²) in [4.78, 5) is 4.94. The second kappa shape index (κ2) is 8.03. The predicted octanol–water partition coefficient (Wildman–Crippen LogP) is 5.63. The zero-order chi connectivity index (χ0) is 21.2. The van der Waals surface area contributed by atoms with Gasteiger partial charge in [-0.3, -0.25) is 4.72 Å². The molecular formula is C19H17F3N2O3S2. The van der Waals surface area contributed by atoms with Gasteiger partial charge in [0.25, 0.3) is 10.0 Å². The molecule has 0 spiro atoms. The van der Waals surface area contributed by atoms with E-state index in [-0.39, 0.29) is 15.9 Å². The quantitative estimate of drug-likeness (QED) is 0.537. The van der Waals surface area contributed by atoms with Gasteiger partial charge in [-0.05, 0) is 18.1 Å². The van der Waals surface area contributed by atoms with Crippen molar-refractivity contribution < 1.29 is 26.3 Å². The molecule has 5 nitrogen and oxygen atoms in total. The summed E-state index contributed by atoms with van der Waals surface area (Å²) in [5, 5.41) is 0.134. The number of nitrogens with one attached hydrogen (secondary N) is 1. The van der Waals surface area contributed by atoms with E-state index in [1.807, 2.05) is 44.2 Å². The first-order valence-electron chi connectivity index (χ1n) is 8.50. The van der Waals surface area contributed by atoms with Crippen molar-refractivity contribution in [3.05, 3.63) is 59.5 Å². The van der Waals surface area contributed by atoms with Gasteiger partial charge in [0.05, 0.1) is 10.6 Å². The molecule has 0 bridgehead atoms. The van der Waals surface area contributed by atoms with Crippen LogP contribution in [0.4, 0.5) is 18.3 Å². The highest BCUT2D eigenvalue weighted by atomic mass is 32.2. The van der Waals surface area contributed by atoms with Gasteiger partial charge in [0.1, 0.15) is 5.75 Å². The van der Waals surface area contributed by atoms with Crippen LogP contribution in [-0.2, 0) is 10.0 Å². The van der Waals surface area contributed by atoms with E-state index in [0.717, 1.165) is 22.6 Å². The lowest BCUT2D eigenvalue weighted by Crippen LogP contribution is -2.18. The lowest BCUT2D eigenvalue weighted by atomic mass is 10.1. The molecule has 0 radical (unpaired) electrons. The van der Waals surface area contributed by atoms with Crippen LogP contribution >= 0.6 is 11.3 Å². The summed E-state index contributed by atoms with van der Waals surface area (Å²) in [6.07, 6.45) is -4.91. The van der Waals surface area contributed by atoms with Gasteiger partial charge >= 0.3 is 6.36 Å². The monoisotopic (exact) mass is 442 g/mol. The molecule has 0 aliphatic heterocycles. The highest BCUT2D eigenvalue weighted by molar-refractivity contribution is 7.93. The molecule has 0 saturated heterocycles. The molecular weight excluding hydrogens is 425 g/mol. The normalized spacial score (nSPS) is 12.2. The van der Waals surface area contributed by atoms with Crippen molar-refractivity contribution in [1.29, 1.82) is 0 Å². The molecule has 0 unspecified atom stereocenters. The maximum Gasteiger partial charge on any atom is 0.573 e. The number of sulfonamides is 1. The fourth-order valence-corrected chi connectivity index (χ4v) is 4.84. The molecule has 154 valence electrons. The van der Waals surface area contributed by atoms with Crippen molar-refractivity contribution in [2.24, 2.45) is 0 Å². The van der Waals surface area contributed by atoms with Crippen LogP contribution in [0.1, 0.15) is 24.6 Å². The highest BCUT2D eigenvalue weighted by Crippen LogP contribution is 2.37. The van der Waals surface area contributed by atoms with E-state index in [4.69, 9.17) is 0 Å². The Hall–Kier alpha value is -2.59. The third kappa shape index (κ3) is 5.27. The van der Waals surface area contributed by atoms with E-state index in [1.165, 1.54) is 23.5 Å². The molecule has 0 fully saturated rings. The maximum absolute atomic E-state index is 12.7. The Kier molecular flexibility index (Phi) is 5.85. The van der Waals surface area contributed by atoms with Crippen LogP contribution in [0.15, 0.2) is 59.5 Å². The first kappa shape index (κ1) is 21.1. The number of nitrogens with zero attached hydrogens (tertiary/aromatic N) is 1. The Labute approximate surface area is 170 Å². The molecule has 0 saturated carbocycles. The average molecular weight is 442 g/mol. The molecule has 0 amide bonds. The minimum absolute atomic E-state index is 0.101. The number of ether oxygens (including phenoxy) is 1. The fourth-order valence-electron chi connectivity index (χ4n) is 2.58. The smallest absolute Gasteiger partial charge is 0.406 e. The Morgan fingerprint density at radius 3 is 2.38 bits per heavy atom. The van der Waals surface area contributed by atoms with Crippen molar-refractivity contribution in [3.63, 3.8) is 0 Å². The number of rotatable bonds is 6. The molecule has 1 aromatic heterocycles. The van der Waals surface area contributed by atoms with Crippen LogP contribution in [0, 0.1) is 0 Å². The molecule has 10 heteroatoms. The number of hydrogen-bond donors (Lipinski definition) is 1. The average Bonchev–Trinajstić information content (AvgIpc) is 3.05. The van der Waals surface area contributed by atoms with Crippen LogP contribution in [0.25, 0.3) is 11.3 Å². The van der Waals surface area contributed by atoms with E-state index < -0.39 is 22.1 Å². The van der Waals surface area contributed by atoms with Gasteiger partial charge < -0.3 is 4.74 Å². The second-order valence-corrected chi connectivity index (χ2v) is 9.09. The fraction of sp³-hybridized carbons (Fsp3) is 0.211. The topological polar surface area (TPSA) is 68.3 Å². The third-order valence-corrected chi connectivity index (χ3v) is 6.53.